The third kappa shape index (κ3) is 5.10. The summed E-state index contributed by atoms with van der Waals surface area (Å²) in [5.41, 5.74) is 3.94. The molecule has 184 valence electrons. The molecule has 2 heterocycles. The monoisotopic (exact) mass is 500 g/mol. The number of hydrogen-bond donors (Lipinski definition) is 3. The maximum absolute atomic E-state index is 14.7. The molecule has 3 aromatic carbocycles. The van der Waals surface area contributed by atoms with Gasteiger partial charge in [-0.2, -0.15) is 0 Å². The highest BCUT2D eigenvalue weighted by atomic mass is 35.5. The molecule has 3 N–H and O–H groups in total. The second-order valence-corrected chi connectivity index (χ2v) is 9.39. The van der Waals surface area contributed by atoms with Crippen LogP contribution in [0, 0.1) is 17.5 Å². The van der Waals surface area contributed by atoms with Crippen LogP contribution in [-0.2, 0) is 18.6 Å². The van der Waals surface area contributed by atoms with Crippen LogP contribution < -0.4 is 5.32 Å². The number of aromatic amines is 1. The lowest BCUT2D eigenvalue weighted by atomic mass is 9.88. The van der Waals surface area contributed by atoms with Crippen LogP contribution >= 0.6 is 12.4 Å². The van der Waals surface area contributed by atoms with Gasteiger partial charge in [-0.25, -0.2) is 13.2 Å². The van der Waals surface area contributed by atoms with Crippen LogP contribution in [0.25, 0.3) is 22.0 Å². The van der Waals surface area contributed by atoms with E-state index >= 15 is 0 Å². The Labute approximate surface area is 208 Å². The fraction of sp³-hybridized carbons (Fsp3) is 0.286. The van der Waals surface area contributed by atoms with Gasteiger partial charge in [0.25, 0.3) is 0 Å². The third-order valence-electron chi connectivity index (χ3n) is 6.95. The lowest BCUT2D eigenvalue weighted by Gasteiger charge is -2.27. The molecule has 1 aliphatic rings. The fourth-order valence-electron chi connectivity index (χ4n) is 5.04. The largest absolute Gasteiger partial charge is 0.385 e. The second-order valence-electron chi connectivity index (χ2n) is 9.39. The highest BCUT2D eigenvalue weighted by molar-refractivity contribution is 5.99. The molecule has 0 saturated heterocycles. The SMILES string of the molecule is CC(O)(CCCC1Cc2[nH]c3c(F)ccc(-c4ccc(F)cc4)c3c2CN1)c1ccc(F)cc1.Cl. The summed E-state index contributed by atoms with van der Waals surface area (Å²) in [5, 5.41) is 15.2. The molecule has 0 radical (unpaired) electrons. The van der Waals surface area contributed by atoms with Gasteiger partial charge in [0.2, 0.25) is 0 Å². The van der Waals surface area contributed by atoms with Gasteiger partial charge in [-0.15, -0.1) is 12.4 Å². The molecule has 7 heteroatoms. The third-order valence-corrected chi connectivity index (χ3v) is 6.95. The van der Waals surface area contributed by atoms with Crippen molar-refractivity contribution in [3.63, 3.8) is 0 Å². The van der Waals surface area contributed by atoms with Crippen LogP contribution in [0.2, 0.25) is 0 Å². The summed E-state index contributed by atoms with van der Waals surface area (Å²) >= 11 is 0. The molecule has 0 spiro atoms. The summed E-state index contributed by atoms with van der Waals surface area (Å²) in [4.78, 5) is 3.30. The maximum atomic E-state index is 14.7. The van der Waals surface area contributed by atoms with Crippen LogP contribution in [0.4, 0.5) is 13.2 Å². The Hall–Kier alpha value is -2.80. The van der Waals surface area contributed by atoms with Crippen LogP contribution in [-0.4, -0.2) is 16.1 Å². The maximum Gasteiger partial charge on any atom is 0.147 e. The summed E-state index contributed by atoms with van der Waals surface area (Å²) in [6.07, 6.45) is 2.91. The normalized spacial score (nSPS) is 17.0. The number of nitrogens with one attached hydrogen (secondary N) is 2. The van der Waals surface area contributed by atoms with Crippen molar-refractivity contribution in [2.45, 2.75) is 50.8 Å². The molecule has 0 amide bonds. The van der Waals surface area contributed by atoms with Crippen molar-refractivity contribution in [3.05, 3.63) is 94.9 Å². The van der Waals surface area contributed by atoms with Crippen LogP contribution in [0.1, 0.15) is 43.0 Å². The van der Waals surface area contributed by atoms with Crippen molar-refractivity contribution >= 4 is 23.3 Å². The van der Waals surface area contributed by atoms with Gasteiger partial charge in [0.05, 0.1) is 11.1 Å². The number of aromatic nitrogens is 1. The van der Waals surface area contributed by atoms with Crippen molar-refractivity contribution in [1.29, 1.82) is 0 Å². The van der Waals surface area contributed by atoms with Gasteiger partial charge >= 0.3 is 0 Å². The van der Waals surface area contributed by atoms with Gasteiger partial charge < -0.3 is 15.4 Å². The standard InChI is InChI=1S/C28H27F3N2O.ClH/c1-28(34,18-6-10-20(30)11-7-18)14-2-3-21-15-25-23(16-32-21)26-22(12-13-24(31)27(26)33-25)17-4-8-19(29)9-5-17;/h4-13,21,32-34H,2-3,14-16H2,1H3;1H. The van der Waals surface area contributed by atoms with Gasteiger partial charge in [-0.1, -0.05) is 30.3 Å². The van der Waals surface area contributed by atoms with Gasteiger partial charge in [-0.05, 0) is 78.8 Å². The Bertz CT molecular complexity index is 1320. The number of benzene rings is 3. The number of fused-ring (bicyclic) bond motifs is 3. The van der Waals surface area contributed by atoms with Crippen molar-refractivity contribution in [1.82, 2.24) is 10.3 Å². The van der Waals surface area contributed by atoms with Crippen molar-refractivity contribution in [3.8, 4) is 11.1 Å². The Morgan fingerprint density at radius 2 is 1.60 bits per heavy atom. The first kappa shape index (κ1) is 25.3. The molecule has 0 bridgehead atoms. The number of H-pyrrole nitrogens is 1. The molecule has 4 aromatic rings. The summed E-state index contributed by atoms with van der Waals surface area (Å²) in [7, 11) is 0. The molecule has 35 heavy (non-hydrogen) atoms. The predicted molar refractivity (Wildman–Crippen MR) is 135 cm³/mol. The van der Waals surface area contributed by atoms with Crippen molar-refractivity contribution < 1.29 is 18.3 Å². The van der Waals surface area contributed by atoms with E-state index in [2.05, 4.69) is 10.3 Å². The topological polar surface area (TPSA) is 48.0 Å². The van der Waals surface area contributed by atoms with E-state index in [1.165, 1.54) is 30.3 Å². The number of rotatable bonds is 6. The first-order valence-electron chi connectivity index (χ1n) is 11.6. The van der Waals surface area contributed by atoms with Gasteiger partial charge in [0, 0.05) is 30.1 Å². The van der Waals surface area contributed by atoms with Crippen LogP contribution in [0.5, 0.6) is 0 Å². The second kappa shape index (κ2) is 10.1. The molecule has 3 nitrogen and oxygen atoms in total. The van der Waals surface area contributed by atoms with Crippen LogP contribution in [0.15, 0.2) is 60.7 Å². The first-order valence-corrected chi connectivity index (χ1v) is 11.6. The lowest BCUT2D eigenvalue weighted by Crippen LogP contribution is -2.35. The highest BCUT2D eigenvalue weighted by Crippen LogP contribution is 2.37. The average molecular weight is 501 g/mol. The number of aliphatic hydroxyl groups is 1. The van der Waals surface area contributed by atoms with E-state index in [1.54, 1.807) is 37.3 Å². The zero-order valence-electron chi connectivity index (χ0n) is 19.4. The molecule has 0 saturated carbocycles. The van der Waals surface area contributed by atoms with E-state index in [0.29, 0.717) is 24.0 Å². The minimum absolute atomic E-state index is 0. The van der Waals surface area contributed by atoms with Gasteiger partial charge in [0.1, 0.15) is 17.5 Å². The zero-order chi connectivity index (χ0) is 23.9. The van der Waals surface area contributed by atoms with Crippen molar-refractivity contribution in [2.24, 2.45) is 0 Å². The number of hydrogen-bond acceptors (Lipinski definition) is 2. The van der Waals surface area contributed by atoms with Crippen molar-refractivity contribution in [2.75, 3.05) is 0 Å². The molecule has 1 aromatic heterocycles. The molecule has 1 aliphatic heterocycles. The molecular formula is C28H28ClF3N2O. The highest BCUT2D eigenvalue weighted by Gasteiger charge is 2.27. The van der Waals surface area contributed by atoms with E-state index < -0.39 is 5.60 Å². The minimum Gasteiger partial charge on any atom is -0.385 e. The Kier molecular flexibility index (Phi) is 7.27. The summed E-state index contributed by atoms with van der Waals surface area (Å²) in [5.74, 6) is -0.928. The Balaban J connectivity index is 0.00000289. The summed E-state index contributed by atoms with van der Waals surface area (Å²) < 4.78 is 41.3. The summed E-state index contributed by atoms with van der Waals surface area (Å²) in [6.45, 7) is 2.36. The lowest BCUT2D eigenvalue weighted by molar-refractivity contribution is 0.0441. The van der Waals surface area contributed by atoms with E-state index in [-0.39, 0.29) is 35.9 Å². The summed E-state index contributed by atoms with van der Waals surface area (Å²) in [6, 6.07) is 15.6. The van der Waals surface area contributed by atoms with Crippen LogP contribution in [0.3, 0.4) is 0 Å². The molecule has 0 aliphatic carbocycles. The van der Waals surface area contributed by atoms with E-state index in [4.69, 9.17) is 0 Å². The molecule has 2 atom stereocenters. The first-order chi connectivity index (χ1) is 16.3. The Morgan fingerprint density at radius 3 is 2.29 bits per heavy atom. The number of halogens is 4. The fourth-order valence-corrected chi connectivity index (χ4v) is 5.04. The minimum atomic E-state index is -1.03. The quantitative estimate of drug-likeness (QED) is 0.274. The predicted octanol–water partition coefficient (Wildman–Crippen LogP) is 6.77. The zero-order valence-corrected chi connectivity index (χ0v) is 20.2. The smallest absolute Gasteiger partial charge is 0.147 e. The molecule has 5 rings (SSSR count). The van der Waals surface area contributed by atoms with E-state index in [1.807, 2.05) is 0 Å². The molecular weight excluding hydrogens is 473 g/mol. The van der Waals surface area contributed by atoms with E-state index in [9.17, 15) is 18.3 Å². The van der Waals surface area contributed by atoms with Gasteiger partial charge in [-0.3, -0.25) is 0 Å². The Morgan fingerprint density at radius 1 is 0.943 bits per heavy atom. The van der Waals surface area contributed by atoms with E-state index in [0.717, 1.165) is 47.0 Å². The average Bonchev–Trinajstić information content (AvgIpc) is 3.20. The molecule has 0 fully saturated rings. The molecule has 2 unspecified atom stereocenters. The van der Waals surface area contributed by atoms with Gasteiger partial charge in [0.15, 0.2) is 0 Å².